The van der Waals surface area contributed by atoms with Gasteiger partial charge in [-0.1, -0.05) is 63.1 Å². The Morgan fingerprint density at radius 3 is 2.51 bits per heavy atom. The molecule has 5 rings (SSSR count). The largest absolute Gasteiger partial charge is 0.464 e. The van der Waals surface area contributed by atoms with Crippen LogP contribution in [0, 0.1) is 0 Å². The van der Waals surface area contributed by atoms with Crippen LogP contribution in [0.3, 0.4) is 0 Å². The molecule has 242 valence electrons. The Morgan fingerprint density at radius 1 is 0.911 bits per heavy atom. The molecule has 1 saturated heterocycles. The molecule has 45 heavy (non-hydrogen) atoms. The Kier molecular flexibility index (Phi) is 11.8. The second-order valence-corrected chi connectivity index (χ2v) is 12.4. The fourth-order valence-corrected chi connectivity index (χ4v) is 6.07. The van der Waals surface area contributed by atoms with Crippen LogP contribution in [0.4, 0.5) is 0 Å². The summed E-state index contributed by atoms with van der Waals surface area (Å²) in [6, 6.07) is 10.4. The van der Waals surface area contributed by atoms with Crippen molar-refractivity contribution in [2.24, 2.45) is 0 Å². The number of hydrogen-bond donors (Lipinski definition) is 0. The fraction of sp³-hybridized carbons (Fsp3) is 0.514. The molecule has 2 amide bonds. The first-order valence-electron chi connectivity index (χ1n) is 16.2. The van der Waals surface area contributed by atoms with E-state index in [-0.39, 0.29) is 49.8 Å². The summed E-state index contributed by atoms with van der Waals surface area (Å²) in [5.74, 6) is 0.923. The zero-order valence-electron chi connectivity index (χ0n) is 26.1. The molecular weight excluding hydrogens is 596 g/mol. The molecule has 2 aromatic carbocycles. The average Bonchev–Trinajstić information content (AvgIpc) is 3.73. The molecule has 0 aliphatic carbocycles. The van der Waals surface area contributed by atoms with E-state index in [1.54, 1.807) is 28.0 Å². The number of nitrogens with zero attached hydrogens (tertiary/aromatic N) is 2. The van der Waals surface area contributed by atoms with Gasteiger partial charge < -0.3 is 28.4 Å². The minimum atomic E-state index is -0.274. The molecule has 1 atom stereocenters. The van der Waals surface area contributed by atoms with E-state index in [9.17, 15) is 14.4 Å². The summed E-state index contributed by atoms with van der Waals surface area (Å²) in [5, 5.41) is 0.768. The van der Waals surface area contributed by atoms with E-state index < -0.39 is 0 Å². The van der Waals surface area contributed by atoms with Gasteiger partial charge in [-0.2, -0.15) is 0 Å². The van der Waals surface area contributed by atoms with Gasteiger partial charge in [0.25, 0.3) is 0 Å². The summed E-state index contributed by atoms with van der Waals surface area (Å²) in [5.41, 5.74) is 1.29. The number of fused-ring (bicyclic) bond motifs is 2. The van der Waals surface area contributed by atoms with Crippen LogP contribution in [-0.4, -0.2) is 54.2 Å². The second kappa shape index (κ2) is 16.1. The minimum absolute atomic E-state index is 0.00220. The molecule has 9 nitrogen and oxygen atoms in total. The summed E-state index contributed by atoms with van der Waals surface area (Å²) in [6.45, 7) is 3.46. The van der Waals surface area contributed by atoms with Gasteiger partial charge in [-0.05, 0) is 55.2 Å². The summed E-state index contributed by atoms with van der Waals surface area (Å²) < 4.78 is 22.6. The van der Waals surface area contributed by atoms with Gasteiger partial charge in [0.15, 0.2) is 16.9 Å². The van der Waals surface area contributed by atoms with Gasteiger partial charge in [0.1, 0.15) is 5.58 Å². The normalized spacial score (nSPS) is 15.5. The van der Waals surface area contributed by atoms with Gasteiger partial charge in [-0.15, -0.1) is 0 Å². The van der Waals surface area contributed by atoms with E-state index in [0.717, 1.165) is 37.7 Å². The highest BCUT2D eigenvalue weighted by molar-refractivity contribution is 6.31. The summed E-state index contributed by atoms with van der Waals surface area (Å²) >= 11 is 6.17. The first-order chi connectivity index (χ1) is 21.9. The van der Waals surface area contributed by atoms with Crippen molar-refractivity contribution in [2.75, 3.05) is 26.5 Å². The maximum Gasteiger partial charge on any atom is 0.242 e. The van der Waals surface area contributed by atoms with Crippen LogP contribution in [0.25, 0.3) is 11.0 Å². The van der Waals surface area contributed by atoms with Crippen molar-refractivity contribution >= 4 is 34.4 Å². The third-order valence-electron chi connectivity index (χ3n) is 8.45. The first kappa shape index (κ1) is 32.8. The highest BCUT2D eigenvalue weighted by Gasteiger charge is 2.27. The van der Waals surface area contributed by atoms with Crippen molar-refractivity contribution in [1.29, 1.82) is 0 Å². The van der Waals surface area contributed by atoms with Gasteiger partial charge in [0.05, 0.1) is 36.4 Å². The zero-order valence-corrected chi connectivity index (χ0v) is 26.8. The van der Waals surface area contributed by atoms with Crippen molar-refractivity contribution in [3.05, 3.63) is 69.0 Å². The monoisotopic (exact) mass is 638 g/mol. The Labute approximate surface area is 269 Å². The smallest absolute Gasteiger partial charge is 0.242 e. The van der Waals surface area contributed by atoms with Crippen LogP contribution in [0.15, 0.2) is 51.9 Å². The predicted octanol–water partition coefficient (Wildman–Crippen LogP) is 6.85. The van der Waals surface area contributed by atoms with E-state index in [1.807, 2.05) is 18.2 Å². The molecule has 2 aliphatic heterocycles. The number of halogens is 1. The molecule has 3 aromatic rings. The maximum atomic E-state index is 14.1. The van der Waals surface area contributed by atoms with Gasteiger partial charge >= 0.3 is 0 Å². The number of ether oxygens (including phenoxy) is 3. The zero-order chi connectivity index (χ0) is 31.6. The lowest BCUT2D eigenvalue weighted by molar-refractivity contribution is -0.142. The number of benzene rings is 2. The second-order valence-electron chi connectivity index (χ2n) is 11.9. The van der Waals surface area contributed by atoms with Crippen LogP contribution in [0.1, 0.15) is 82.3 Å². The summed E-state index contributed by atoms with van der Waals surface area (Å²) in [7, 11) is 0. The van der Waals surface area contributed by atoms with E-state index in [4.69, 9.17) is 30.2 Å². The lowest BCUT2D eigenvalue weighted by atomic mass is 10.1. The Bertz CT molecular complexity index is 1520. The number of rotatable bonds is 16. The topological polar surface area (TPSA) is 98.5 Å². The molecule has 10 heteroatoms. The van der Waals surface area contributed by atoms with Crippen molar-refractivity contribution in [2.45, 2.75) is 90.3 Å². The molecule has 0 spiro atoms. The van der Waals surface area contributed by atoms with Crippen molar-refractivity contribution in [3.8, 4) is 11.5 Å². The SMILES string of the molecule is CCCCCCCCCC(=O)N(CC(=O)N(Cc1ccc2c(c1)OCO2)Cc1coc2ccc(Cl)cc2c1=O)CC1CCCO1. The van der Waals surface area contributed by atoms with E-state index in [2.05, 4.69) is 6.92 Å². The molecular formula is C35H43ClN2O7. The quantitative estimate of drug-likeness (QED) is 0.158. The van der Waals surface area contributed by atoms with Crippen LogP contribution >= 0.6 is 11.6 Å². The predicted molar refractivity (Wildman–Crippen MR) is 172 cm³/mol. The molecule has 0 radical (unpaired) electrons. The number of unbranched alkanes of at least 4 members (excludes halogenated alkanes) is 6. The number of amides is 2. The molecule has 1 unspecified atom stereocenters. The highest BCUT2D eigenvalue weighted by atomic mass is 35.5. The van der Waals surface area contributed by atoms with Crippen molar-refractivity contribution in [3.63, 3.8) is 0 Å². The third kappa shape index (κ3) is 9.01. The standard InChI is InChI=1S/C35H43ClN2O7/c1-2-3-4-5-6-7-8-11-33(39)38(21-28-10-9-16-42-28)22-34(40)37(19-25-12-14-31-32(17-25)45-24-44-31)20-26-23-43-30-15-13-27(36)18-29(30)35(26)41/h12-15,17-18,23,28H,2-11,16,19-22,24H2,1H3. The minimum Gasteiger partial charge on any atom is -0.464 e. The third-order valence-corrected chi connectivity index (χ3v) is 8.69. The molecule has 1 aromatic heterocycles. The van der Waals surface area contributed by atoms with Crippen LogP contribution < -0.4 is 14.9 Å². The molecule has 0 N–H and O–H groups in total. The van der Waals surface area contributed by atoms with Gasteiger partial charge in [-0.25, -0.2) is 0 Å². The first-order valence-corrected chi connectivity index (χ1v) is 16.5. The number of carbonyl (C=O) groups is 2. The molecule has 2 aliphatic rings. The summed E-state index contributed by atoms with van der Waals surface area (Å²) in [4.78, 5) is 44.2. The maximum absolute atomic E-state index is 14.1. The summed E-state index contributed by atoms with van der Waals surface area (Å²) in [6.07, 6.45) is 11.3. The molecule has 0 saturated carbocycles. The Morgan fingerprint density at radius 2 is 1.71 bits per heavy atom. The van der Waals surface area contributed by atoms with Crippen LogP contribution in [0.2, 0.25) is 5.02 Å². The highest BCUT2D eigenvalue weighted by Crippen LogP contribution is 2.33. The number of carbonyl (C=O) groups excluding carboxylic acids is 2. The lowest BCUT2D eigenvalue weighted by Gasteiger charge is -2.29. The molecule has 1 fully saturated rings. The van der Waals surface area contributed by atoms with E-state index in [1.165, 1.54) is 31.9 Å². The average molecular weight is 639 g/mol. The molecule has 0 bridgehead atoms. The van der Waals surface area contributed by atoms with E-state index in [0.29, 0.717) is 52.6 Å². The Balaban J connectivity index is 1.33. The van der Waals surface area contributed by atoms with Crippen LogP contribution in [0.5, 0.6) is 11.5 Å². The van der Waals surface area contributed by atoms with Gasteiger partial charge in [0.2, 0.25) is 18.6 Å². The molecule has 3 heterocycles. The lowest BCUT2D eigenvalue weighted by Crippen LogP contribution is -2.45. The van der Waals surface area contributed by atoms with Crippen molar-refractivity contribution < 1.29 is 28.2 Å². The van der Waals surface area contributed by atoms with Gasteiger partial charge in [0, 0.05) is 31.1 Å². The van der Waals surface area contributed by atoms with Gasteiger partial charge in [-0.3, -0.25) is 14.4 Å². The number of hydrogen-bond acceptors (Lipinski definition) is 7. The Hall–Kier alpha value is -3.56. The van der Waals surface area contributed by atoms with E-state index >= 15 is 0 Å². The fourth-order valence-electron chi connectivity index (χ4n) is 5.89. The van der Waals surface area contributed by atoms with Crippen LogP contribution in [-0.2, 0) is 27.4 Å². The van der Waals surface area contributed by atoms with Crippen molar-refractivity contribution in [1.82, 2.24) is 9.80 Å².